The molecular formula is C18H10SY-2. The van der Waals surface area contributed by atoms with Gasteiger partial charge in [0.05, 0.1) is 0 Å². The van der Waals surface area contributed by atoms with Crippen molar-refractivity contribution in [2.75, 3.05) is 0 Å². The van der Waals surface area contributed by atoms with E-state index in [-0.39, 0.29) is 32.7 Å². The standard InChI is InChI=1S/C18H10S.Y/c1-2-5-14-11-18-15(10-13(14)4-1)6-3-7-17(18)16-8-9-19-12-16;/h1-6,8-11H;/q-2;. The number of hydrogen-bond donors (Lipinski definition) is 0. The van der Waals surface area contributed by atoms with Crippen LogP contribution in [-0.2, 0) is 32.7 Å². The Labute approximate surface area is 147 Å². The molecule has 1 heterocycles. The smallest absolute Gasteiger partial charge is 0 e. The summed E-state index contributed by atoms with van der Waals surface area (Å²) < 4.78 is 0. The van der Waals surface area contributed by atoms with Gasteiger partial charge in [0, 0.05) is 32.7 Å². The summed E-state index contributed by atoms with van der Waals surface area (Å²) in [7, 11) is 0. The molecule has 0 saturated carbocycles. The Kier molecular flexibility index (Phi) is 4.02. The number of fused-ring (bicyclic) bond motifs is 2. The van der Waals surface area contributed by atoms with Crippen LogP contribution in [0.1, 0.15) is 0 Å². The third-order valence-corrected chi connectivity index (χ3v) is 4.03. The first-order valence-corrected chi connectivity index (χ1v) is 7.08. The average molecular weight is 347 g/mol. The van der Waals surface area contributed by atoms with Crippen LogP contribution in [0.15, 0.2) is 60.0 Å². The van der Waals surface area contributed by atoms with E-state index in [1.165, 1.54) is 21.5 Å². The fraction of sp³-hybridized carbons (Fsp3) is 0. The summed E-state index contributed by atoms with van der Waals surface area (Å²) in [4.78, 5) is 0. The predicted octanol–water partition coefficient (Wildman–Crippen LogP) is 5.32. The molecule has 0 saturated heterocycles. The van der Waals surface area contributed by atoms with Crippen molar-refractivity contribution in [3.05, 3.63) is 71.4 Å². The van der Waals surface area contributed by atoms with E-state index >= 15 is 0 Å². The Balaban J connectivity index is 0.00000121. The summed E-state index contributed by atoms with van der Waals surface area (Å²) in [6.07, 6.45) is 0. The molecule has 1 radical (unpaired) electrons. The number of benzene rings is 3. The maximum atomic E-state index is 3.35. The molecule has 0 unspecified atom stereocenters. The van der Waals surface area contributed by atoms with Crippen LogP contribution in [0.2, 0.25) is 0 Å². The minimum Gasteiger partial charge on any atom is -0.276 e. The summed E-state index contributed by atoms with van der Waals surface area (Å²) >= 11 is 1.60. The van der Waals surface area contributed by atoms with Gasteiger partial charge in [0.25, 0.3) is 0 Å². The predicted molar refractivity (Wildman–Crippen MR) is 82.4 cm³/mol. The largest absolute Gasteiger partial charge is 0.276 e. The quantitative estimate of drug-likeness (QED) is 0.323. The van der Waals surface area contributed by atoms with E-state index in [0.717, 1.165) is 11.1 Å². The molecule has 3 aromatic carbocycles. The maximum absolute atomic E-state index is 3.35. The van der Waals surface area contributed by atoms with Gasteiger partial charge in [0.15, 0.2) is 0 Å². The van der Waals surface area contributed by atoms with Crippen molar-refractivity contribution < 1.29 is 32.7 Å². The molecule has 0 nitrogen and oxygen atoms in total. The summed E-state index contributed by atoms with van der Waals surface area (Å²) in [5, 5.41) is 10.4. The van der Waals surface area contributed by atoms with Gasteiger partial charge in [-0.25, -0.2) is 17.2 Å². The van der Waals surface area contributed by atoms with Crippen LogP contribution in [0.25, 0.3) is 32.7 Å². The Hall–Kier alpha value is -1.02. The van der Waals surface area contributed by atoms with Gasteiger partial charge in [-0.1, -0.05) is 36.4 Å². The first kappa shape index (κ1) is 13.9. The summed E-state index contributed by atoms with van der Waals surface area (Å²) in [5.41, 5.74) is 2.27. The van der Waals surface area contributed by atoms with Gasteiger partial charge >= 0.3 is 0 Å². The molecule has 0 atom stereocenters. The van der Waals surface area contributed by atoms with E-state index in [1.54, 1.807) is 11.3 Å². The molecule has 0 aliphatic rings. The molecular weight excluding hydrogens is 337 g/mol. The molecule has 4 aromatic rings. The molecule has 0 fully saturated rings. The zero-order valence-electron chi connectivity index (χ0n) is 10.8. The van der Waals surface area contributed by atoms with E-state index in [9.17, 15) is 0 Å². The Morgan fingerprint density at radius 2 is 1.65 bits per heavy atom. The first-order valence-electron chi connectivity index (χ1n) is 6.20. The van der Waals surface area contributed by atoms with E-state index in [0.29, 0.717) is 0 Å². The molecule has 4 rings (SSSR count). The number of rotatable bonds is 1. The van der Waals surface area contributed by atoms with Crippen LogP contribution in [0, 0.1) is 11.4 Å². The average Bonchev–Trinajstić information content (AvgIpc) is 2.98. The van der Waals surface area contributed by atoms with Gasteiger partial charge in [0.2, 0.25) is 0 Å². The van der Waals surface area contributed by atoms with Crippen LogP contribution in [0.5, 0.6) is 0 Å². The van der Waals surface area contributed by atoms with Gasteiger partial charge in [-0.05, 0) is 10.8 Å². The van der Waals surface area contributed by atoms with Gasteiger partial charge in [0.1, 0.15) is 0 Å². The van der Waals surface area contributed by atoms with Gasteiger partial charge in [-0.3, -0.25) is 11.3 Å². The van der Waals surface area contributed by atoms with Crippen LogP contribution in [0.3, 0.4) is 0 Å². The topological polar surface area (TPSA) is 0 Å². The van der Waals surface area contributed by atoms with Crippen molar-refractivity contribution in [3.8, 4) is 11.1 Å². The van der Waals surface area contributed by atoms with E-state index in [2.05, 4.69) is 65.4 Å². The summed E-state index contributed by atoms with van der Waals surface area (Å²) in [6, 6.07) is 22.5. The summed E-state index contributed by atoms with van der Waals surface area (Å²) in [6.45, 7) is 0. The molecule has 20 heavy (non-hydrogen) atoms. The van der Waals surface area contributed by atoms with Crippen molar-refractivity contribution in [2.45, 2.75) is 0 Å². The van der Waals surface area contributed by atoms with Crippen molar-refractivity contribution >= 4 is 32.9 Å². The molecule has 0 amide bonds. The minimum absolute atomic E-state index is 0. The molecule has 2 heteroatoms. The fourth-order valence-electron chi connectivity index (χ4n) is 2.50. The van der Waals surface area contributed by atoms with Crippen LogP contribution >= 0.6 is 11.3 Å². The first-order chi connectivity index (χ1) is 9.42. The molecule has 0 aliphatic carbocycles. The number of thiophene rings is 1. The second-order valence-electron chi connectivity index (χ2n) is 4.58. The van der Waals surface area contributed by atoms with Crippen LogP contribution in [0.4, 0.5) is 0 Å². The second kappa shape index (κ2) is 5.77. The molecule has 0 spiro atoms. The molecule has 0 bridgehead atoms. The second-order valence-corrected chi connectivity index (χ2v) is 5.29. The third-order valence-electron chi connectivity index (χ3n) is 3.42. The molecule has 93 valence electrons. The van der Waals surface area contributed by atoms with E-state index in [1.807, 2.05) is 6.07 Å². The fourth-order valence-corrected chi connectivity index (χ4v) is 3.06. The zero-order valence-corrected chi connectivity index (χ0v) is 14.4. The normalized spacial score (nSPS) is 10.6. The minimum atomic E-state index is 0. The Morgan fingerprint density at radius 1 is 0.850 bits per heavy atom. The van der Waals surface area contributed by atoms with E-state index < -0.39 is 0 Å². The monoisotopic (exact) mass is 347 g/mol. The van der Waals surface area contributed by atoms with E-state index in [4.69, 9.17) is 0 Å². The van der Waals surface area contributed by atoms with Crippen molar-refractivity contribution in [1.82, 2.24) is 0 Å². The van der Waals surface area contributed by atoms with Crippen molar-refractivity contribution in [3.63, 3.8) is 0 Å². The maximum Gasteiger partial charge on any atom is 0 e. The van der Waals surface area contributed by atoms with Gasteiger partial charge in [-0.15, -0.1) is 27.6 Å². The Bertz CT molecular complexity index is 863. The van der Waals surface area contributed by atoms with Crippen LogP contribution in [-0.4, -0.2) is 0 Å². The summed E-state index contributed by atoms with van der Waals surface area (Å²) in [5.74, 6) is 0. The van der Waals surface area contributed by atoms with Gasteiger partial charge < -0.3 is 0 Å². The molecule has 1 aromatic heterocycles. The Morgan fingerprint density at radius 3 is 2.40 bits per heavy atom. The van der Waals surface area contributed by atoms with Crippen molar-refractivity contribution in [1.29, 1.82) is 0 Å². The van der Waals surface area contributed by atoms with Crippen molar-refractivity contribution in [2.24, 2.45) is 0 Å². The van der Waals surface area contributed by atoms with Crippen LogP contribution < -0.4 is 0 Å². The zero-order chi connectivity index (χ0) is 12.7. The number of hydrogen-bond acceptors (Lipinski definition) is 1. The third kappa shape index (κ3) is 2.35. The molecule has 0 N–H and O–H groups in total. The van der Waals surface area contributed by atoms with Gasteiger partial charge in [-0.2, -0.15) is 12.1 Å². The molecule has 0 aliphatic heterocycles. The SMILES string of the molecule is [Y].[c-]1sccc1-c1[c-]ccc2cc3ccccc3cc12.